The van der Waals surface area contributed by atoms with E-state index in [-0.39, 0.29) is 28.8 Å². The maximum absolute atomic E-state index is 12.3. The fourth-order valence-corrected chi connectivity index (χ4v) is 4.46. The average molecular weight is 377 g/mol. The zero-order chi connectivity index (χ0) is 18.2. The van der Waals surface area contributed by atoms with Gasteiger partial charge < -0.3 is 0 Å². The van der Waals surface area contributed by atoms with Crippen LogP contribution in [-0.2, 0) is 11.2 Å². The number of fused-ring (bicyclic) bond motifs is 1. The smallest absolute Gasteiger partial charge is 0.237 e. The second-order valence-electron chi connectivity index (χ2n) is 6.82. The van der Waals surface area contributed by atoms with Crippen molar-refractivity contribution in [3.8, 4) is 0 Å². The van der Waals surface area contributed by atoms with Crippen LogP contribution in [0.2, 0.25) is 0 Å². The highest BCUT2D eigenvalue weighted by atomic mass is 32.2. The molecule has 1 amide bonds. The molecule has 0 atom stereocenters. The summed E-state index contributed by atoms with van der Waals surface area (Å²) in [6.45, 7) is 7.74. The molecule has 0 spiro atoms. The molecule has 0 aliphatic heterocycles. The van der Waals surface area contributed by atoms with Gasteiger partial charge in [0.05, 0.1) is 22.7 Å². The van der Waals surface area contributed by atoms with Gasteiger partial charge in [0, 0.05) is 6.42 Å². The van der Waals surface area contributed by atoms with Crippen LogP contribution >= 0.6 is 23.1 Å². The van der Waals surface area contributed by atoms with E-state index in [9.17, 15) is 9.59 Å². The van der Waals surface area contributed by atoms with E-state index in [2.05, 4.69) is 25.5 Å². The number of ketones is 1. The molecule has 0 aromatic carbocycles. The van der Waals surface area contributed by atoms with Gasteiger partial charge in [-0.15, -0.1) is 10.2 Å². The number of hydrogen-bond acceptors (Lipinski definition) is 8. The van der Waals surface area contributed by atoms with Crippen LogP contribution in [0.5, 0.6) is 0 Å². The van der Waals surface area contributed by atoms with Crippen molar-refractivity contribution in [1.82, 2.24) is 20.2 Å². The number of aryl methyl sites for hydroxylation is 2. The first-order valence-electron chi connectivity index (χ1n) is 7.87. The molecule has 1 aliphatic carbocycles. The molecule has 0 unspecified atom stereocenters. The summed E-state index contributed by atoms with van der Waals surface area (Å²) in [5.74, 6) is 0.321. The molecule has 2 aromatic heterocycles. The summed E-state index contributed by atoms with van der Waals surface area (Å²) >= 11 is 2.77. The van der Waals surface area contributed by atoms with Gasteiger partial charge in [-0.3, -0.25) is 14.9 Å². The number of nitrogens with zero attached hydrogens (tertiary/aromatic N) is 4. The van der Waals surface area contributed by atoms with Gasteiger partial charge in [0.1, 0.15) is 5.01 Å². The Morgan fingerprint density at radius 1 is 1.24 bits per heavy atom. The summed E-state index contributed by atoms with van der Waals surface area (Å²) in [6.07, 6.45) is 1.19. The number of rotatable bonds is 4. The van der Waals surface area contributed by atoms with Gasteiger partial charge in [-0.05, 0) is 25.7 Å². The number of aromatic nitrogens is 4. The van der Waals surface area contributed by atoms with Gasteiger partial charge in [-0.1, -0.05) is 36.9 Å². The minimum absolute atomic E-state index is 0.0730. The number of anilines is 1. The van der Waals surface area contributed by atoms with Crippen molar-refractivity contribution in [2.75, 3.05) is 11.1 Å². The Morgan fingerprint density at radius 3 is 2.68 bits per heavy atom. The highest BCUT2D eigenvalue weighted by molar-refractivity contribution is 8.01. The van der Waals surface area contributed by atoms with E-state index < -0.39 is 0 Å². The summed E-state index contributed by atoms with van der Waals surface area (Å²) in [5, 5.41) is 11.5. The maximum atomic E-state index is 12.3. The Kier molecular flexibility index (Phi) is 4.88. The average Bonchev–Trinajstić information content (AvgIpc) is 2.88. The lowest BCUT2D eigenvalue weighted by Gasteiger charge is -2.30. The third kappa shape index (κ3) is 4.21. The fraction of sp³-hybridized carbons (Fsp3) is 0.500. The maximum Gasteiger partial charge on any atom is 0.237 e. The molecular formula is C16H19N5O2S2. The van der Waals surface area contributed by atoms with Crippen molar-refractivity contribution in [2.45, 2.75) is 44.9 Å². The Bertz CT molecular complexity index is 847. The predicted octanol–water partition coefficient (Wildman–Crippen LogP) is 2.83. The van der Waals surface area contributed by atoms with E-state index in [1.807, 2.05) is 20.8 Å². The summed E-state index contributed by atoms with van der Waals surface area (Å²) in [6, 6.07) is 0. The molecule has 0 saturated carbocycles. The molecule has 0 bridgehead atoms. The van der Waals surface area contributed by atoms with Crippen LogP contribution in [0.4, 0.5) is 5.95 Å². The van der Waals surface area contributed by atoms with Gasteiger partial charge in [-0.2, -0.15) is 0 Å². The zero-order valence-electron chi connectivity index (χ0n) is 14.5. The molecule has 1 aliphatic rings. The Balaban J connectivity index is 1.72. The number of carbonyl (C=O) groups is 2. The SMILES string of the molecule is Cc1nnc(SCC(=O)Nc2nc(C)c3c(n2)CC(C)(C)CC3=O)s1. The van der Waals surface area contributed by atoms with Crippen LogP contribution < -0.4 is 5.32 Å². The summed E-state index contributed by atoms with van der Waals surface area (Å²) in [4.78, 5) is 33.2. The standard InChI is InChI=1S/C16H19N5O2S2/c1-8-13-10(5-16(3,4)6-11(13)22)18-14(17-8)19-12(23)7-24-15-21-20-9(2)25-15/h5-7H2,1-4H3,(H,17,18,19,23). The molecule has 132 valence electrons. The molecule has 2 heterocycles. The normalized spacial score (nSPS) is 15.8. The van der Waals surface area contributed by atoms with Crippen LogP contribution in [0.1, 0.15) is 47.0 Å². The second-order valence-corrected chi connectivity index (χ2v) is 9.22. The van der Waals surface area contributed by atoms with Crippen molar-refractivity contribution < 1.29 is 9.59 Å². The minimum atomic E-state index is -0.210. The van der Waals surface area contributed by atoms with Gasteiger partial charge >= 0.3 is 0 Å². The number of Topliss-reactive ketones (excluding diaryl/α,β-unsaturated/α-hetero) is 1. The van der Waals surface area contributed by atoms with Crippen molar-refractivity contribution >= 4 is 40.7 Å². The van der Waals surface area contributed by atoms with E-state index in [1.165, 1.54) is 23.1 Å². The molecule has 2 aromatic rings. The second kappa shape index (κ2) is 6.80. The summed E-state index contributed by atoms with van der Waals surface area (Å²) in [7, 11) is 0. The summed E-state index contributed by atoms with van der Waals surface area (Å²) < 4.78 is 0.752. The van der Waals surface area contributed by atoms with Crippen LogP contribution in [-0.4, -0.2) is 37.6 Å². The van der Waals surface area contributed by atoms with Crippen LogP contribution in [0.3, 0.4) is 0 Å². The van der Waals surface area contributed by atoms with Crippen molar-refractivity contribution in [1.29, 1.82) is 0 Å². The molecule has 9 heteroatoms. The fourth-order valence-electron chi connectivity index (χ4n) is 2.84. The minimum Gasteiger partial charge on any atom is -0.294 e. The van der Waals surface area contributed by atoms with Gasteiger partial charge in [0.15, 0.2) is 10.1 Å². The quantitative estimate of drug-likeness (QED) is 0.818. The van der Waals surface area contributed by atoms with Gasteiger partial charge in [0.2, 0.25) is 11.9 Å². The first kappa shape index (κ1) is 17.9. The summed E-state index contributed by atoms with van der Waals surface area (Å²) in [5.41, 5.74) is 1.82. The van der Waals surface area contributed by atoms with Crippen LogP contribution in [0.25, 0.3) is 0 Å². The highest BCUT2D eigenvalue weighted by Gasteiger charge is 2.33. The van der Waals surface area contributed by atoms with E-state index in [0.717, 1.165) is 15.0 Å². The molecule has 25 heavy (non-hydrogen) atoms. The van der Waals surface area contributed by atoms with E-state index in [0.29, 0.717) is 24.1 Å². The number of hydrogen-bond donors (Lipinski definition) is 1. The number of thioether (sulfide) groups is 1. The molecule has 3 rings (SSSR count). The highest BCUT2D eigenvalue weighted by Crippen LogP contribution is 2.35. The molecule has 1 N–H and O–H groups in total. The van der Waals surface area contributed by atoms with E-state index >= 15 is 0 Å². The first-order valence-corrected chi connectivity index (χ1v) is 9.67. The van der Waals surface area contributed by atoms with Crippen molar-refractivity contribution in [3.63, 3.8) is 0 Å². The molecule has 0 radical (unpaired) electrons. The Hall–Kier alpha value is -1.87. The number of nitrogens with one attached hydrogen (secondary N) is 1. The van der Waals surface area contributed by atoms with Crippen LogP contribution in [0.15, 0.2) is 4.34 Å². The third-order valence-corrected chi connectivity index (χ3v) is 5.79. The monoisotopic (exact) mass is 377 g/mol. The molecule has 0 saturated heterocycles. The molecule has 7 nitrogen and oxygen atoms in total. The van der Waals surface area contributed by atoms with E-state index in [4.69, 9.17) is 0 Å². The zero-order valence-corrected chi connectivity index (χ0v) is 16.2. The van der Waals surface area contributed by atoms with Gasteiger partial charge in [0.25, 0.3) is 0 Å². The lowest BCUT2D eigenvalue weighted by molar-refractivity contribution is -0.113. The Morgan fingerprint density at radius 2 is 2.00 bits per heavy atom. The number of carbonyl (C=O) groups excluding carboxylic acids is 2. The Labute approximate surface area is 154 Å². The molecule has 0 fully saturated rings. The van der Waals surface area contributed by atoms with Crippen molar-refractivity contribution in [2.24, 2.45) is 5.41 Å². The lowest BCUT2D eigenvalue weighted by Crippen LogP contribution is -2.30. The van der Waals surface area contributed by atoms with Crippen molar-refractivity contribution in [3.05, 3.63) is 22.0 Å². The first-order chi connectivity index (χ1) is 11.7. The number of amides is 1. The van der Waals surface area contributed by atoms with Crippen LogP contribution in [0, 0.1) is 19.3 Å². The lowest BCUT2D eigenvalue weighted by atomic mass is 9.75. The predicted molar refractivity (Wildman–Crippen MR) is 97.2 cm³/mol. The van der Waals surface area contributed by atoms with E-state index in [1.54, 1.807) is 6.92 Å². The topological polar surface area (TPSA) is 97.7 Å². The largest absolute Gasteiger partial charge is 0.294 e. The van der Waals surface area contributed by atoms with Gasteiger partial charge in [-0.25, -0.2) is 9.97 Å². The third-order valence-electron chi connectivity index (χ3n) is 3.81. The molecular weight excluding hydrogens is 358 g/mol.